The van der Waals surface area contributed by atoms with Crippen molar-refractivity contribution in [1.82, 2.24) is 4.72 Å². The predicted octanol–water partition coefficient (Wildman–Crippen LogP) is 0.758. The third kappa shape index (κ3) is 6.32. The summed E-state index contributed by atoms with van der Waals surface area (Å²) in [5.41, 5.74) is 0. The first-order valence-corrected chi connectivity index (χ1v) is 4.69. The van der Waals surface area contributed by atoms with Crippen LogP contribution in [0.2, 0.25) is 0 Å². The minimum absolute atomic E-state index is 0. The quantitative estimate of drug-likeness (QED) is 0.707. The van der Waals surface area contributed by atoms with Crippen LogP contribution in [-0.2, 0) is 10.0 Å². The smallest absolute Gasteiger partial charge is 0.211 e. The van der Waals surface area contributed by atoms with E-state index in [1.54, 1.807) is 0 Å². The van der Waals surface area contributed by atoms with E-state index in [0.717, 1.165) is 12.8 Å². The van der Waals surface area contributed by atoms with Crippen LogP contribution >= 0.6 is 12.4 Å². The Kier molecular flexibility index (Phi) is 7.63. The number of nitrogens with one attached hydrogen (secondary N) is 1. The lowest BCUT2D eigenvalue weighted by Gasteiger charge is -1.97. The minimum atomic E-state index is -2.93. The minimum Gasteiger partial charge on any atom is -0.218 e. The van der Waals surface area contributed by atoms with Crippen LogP contribution in [0.1, 0.15) is 19.8 Å². The van der Waals surface area contributed by atoms with Gasteiger partial charge in [0.2, 0.25) is 10.0 Å². The number of hydrogen-bond donors (Lipinski definition) is 1. The SMILES string of the molecule is CCCCS(=O)(=O)NC.Cl. The van der Waals surface area contributed by atoms with E-state index < -0.39 is 10.0 Å². The third-order valence-electron chi connectivity index (χ3n) is 1.08. The van der Waals surface area contributed by atoms with Gasteiger partial charge in [-0.3, -0.25) is 0 Å². The molecule has 3 nitrogen and oxygen atoms in total. The molecule has 0 amide bonds. The topological polar surface area (TPSA) is 46.2 Å². The van der Waals surface area contributed by atoms with E-state index in [1.807, 2.05) is 6.92 Å². The molecule has 0 heterocycles. The van der Waals surface area contributed by atoms with Crippen molar-refractivity contribution in [3.05, 3.63) is 0 Å². The Morgan fingerprint density at radius 1 is 1.40 bits per heavy atom. The second-order valence-electron chi connectivity index (χ2n) is 1.88. The molecular weight excluding hydrogens is 174 g/mol. The molecular formula is C5H14ClNO2S. The molecule has 0 fully saturated rings. The molecule has 0 saturated heterocycles. The summed E-state index contributed by atoms with van der Waals surface area (Å²) in [4.78, 5) is 0. The van der Waals surface area contributed by atoms with Gasteiger partial charge in [0, 0.05) is 0 Å². The van der Waals surface area contributed by atoms with Gasteiger partial charge >= 0.3 is 0 Å². The number of unbranched alkanes of at least 4 members (excludes halogenated alkanes) is 1. The van der Waals surface area contributed by atoms with Gasteiger partial charge in [0.05, 0.1) is 5.75 Å². The van der Waals surface area contributed by atoms with Gasteiger partial charge in [-0.05, 0) is 13.5 Å². The van der Waals surface area contributed by atoms with Crippen LogP contribution < -0.4 is 4.72 Å². The Bertz CT molecular complexity index is 155. The van der Waals surface area contributed by atoms with Crippen LogP contribution in [0.5, 0.6) is 0 Å². The van der Waals surface area contributed by atoms with Crippen LogP contribution in [0.15, 0.2) is 0 Å². The highest BCUT2D eigenvalue weighted by molar-refractivity contribution is 7.89. The molecule has 0 aromatic rings. The maximum Gasteiger partial charge on any atom is 0.211 e. The summed E-state index contributed by atoms with van der Waals surface area (Å²) in [5, 5.41) is 0. The van der Waals surface area contributed by atoms with E-state index in [-0.39, 0.29) is 18.2 Å². The molecule has 0 atom stereocenters. The van der Waals surface area contributed by atoms with Crippen molar-refractivity contribution < 1.29 is 8.42 Å². The summed E-state index contributed by atoms with van der Waals surface area (Å²) in [7, 11) is -1.50. The van der Waals surface area contributed by atoms with Crippen molar-refractivity contribution >= 4 is 22.4 Å². The van der Waals surface area contributed by atoms with Crippen molar-refractivity contribution in [3.63, 3.8) is 0 Å². The highest BCUT2D eigenvalue weighted by Gasteiger charge is 2.03. The van der Waals surface area contributed by atoms with Gasteiger partial charge in [-0.2, -0.15) is 0 Å². The van der Waals surface area contributed by atoms with Crippen LogP contribution in [0.25, 0.3) is 0 Å². The second kappa shape index (κ2) is 5.95. The van der Waals surface area contributed by atoms with Gasteiger partial charge < -0.3 is 0 Å². The van der Waals surface area contributed by atoms with Gasteiger partial charge in [0.25, 0.3) is 0 Å². The summed E-state index contributed by atoms with van der Waals surface area (Å²) in [6.45, 7) is 1.96. The van der Waals surface area contributed by atoms with Gasteiger partial charge in [-0.15, -0.1) is 12.4 Å². The molecule has 0 aromatic carbocycles. The van der Waals surface area contributed by atoms with E-state index >= 15 is 0 Å². The lowest BCUT2D eigenvalue weighted by molar-refractivity contribution is 0.585. The van der Waals surface area contributed by atoms with Crippen LogP contribution in [0.4, 0.5) is 0 Å². The molecule has 0 radical (unpaired) electrons. The molecule has 10 heavy (non-hydrogen) atoms. The molecule has 5 heteroatoms. The molecule has 1 N–H and O–H groups in total. The Hall–Kier alpha value is 0.200. The number of rotatable bonds is 4. The Balaban J connectivity index is 0. The standard InChI is InChI=1S/C5H13NO2S.ClH/c1-3-4-5-9(7,8)6-2;/h6H,3-5H2,1-2H3;1H. The summed E-state index contributed by atoms with van der Waals surface area (Å²) >= 11 is 0. The number of sulfonamides is 1. The summed E-state index contributed by atoms with van der Waals surface area (Å²) in [6, 6.07) is 0. The van der Waals surface area contributed by atoms with E-state index in [1.165, 1.54) is 7.05 Å². The Morgan fingerprint density at radius 2 is 1.90 bits per heavy atom. The predicted molar refractivity (Wildman–Crippen MR) is 45.0 cm³/mol. The number of halogens is 1. The van der Waals surface area contributed by atoms with Crippen LogP contribution in [0, 0.1) is 0 Å². The molecule has 0 bridgehead atoms. The first-order chi connectivity index (χ1) is 4.12. The first kappa shape index (κ1) is 12.8. The lowest BCUT2D eigenvalue weighted by atomic mass is 10.4. The molecule has 0 rings (SSSR count). The van der Waals surface area contributed by atoms with Crippen molar-refractivity contribution in [1.29, 1.82) is 0 Å². The van der Waals surface area contributed by atoms with Crippen molar-refractivity contribution in [2.45, 2.75) is 19.8 Å². The Morgan fingerprint density at radius 3 is 2.20 bits per heavy atom. The van der Waals surface area contributed by atoms with Crippen LogP contribution in [0.3, 0.4) is 0 Å². The average Bonchev–Trinajstić information content (AvgIpc) is 1.84. The summed E-state index contributed by atoms with van der Waals surface area (Å²) in [5.74, 6) is 0.250. The monoisotopic (exact) mass is 187 g/mol. The normalized spacial score (nSPS) is 10.6. The highest BCUT2D eigenvalue weighted by Crippen LogP contribution is 1.91. The van der Waals surface area contributed by atoms with E-state index in [2.05, 4.69) is 4.72 Å². The second-order valence-corrected chi connectivity index (χ2v) is 3.92. The fraction of sp³-hybridized carbons (Fsp3) is 1.00. The lowest BCUT2D eigenvalue weighted by Crippen LogP contribution is -2.21. The first-order valence-electron chi connectivity index (χ1n) is 3.03. The van der Waals surface area contributed by atoms with Crippen LogP contribution in [-0.4, -0.2) is 21.2 Å². The van der Waals surface area contributed by atoms with Gasteiger partial charge in [-0.1, -0.05) is 13.3 Å². The zero-order valence-electron chi connectivity index (χ0n) is 6.25. The van der Waals surface area contributed by atoms with Crippen molar-refractivity contribution in [3.8, 4) is 0 Å². The Labute approximate surface area is 68.7 Å². The zero-order valence-corrected chi connectivity index (χ0v) is 7.89. The van der Waals surface area contributed by atoms with E-state index in [0.29, 0.717) is 0 Å². The maximum atomic E-state index is 10.6. The fourth-order valence-corrected chi connectivity index (χ4v) is 1.31. The molecule has 0 aromatic heterocycles. The molecule has 0 aliphatic heterocycles. The largest absolute Gasteiger partial charge is 0.218 e. The van der Waals surface area contributed by atoms with Gasteiger partial charge in [0.1, 0.15) is 0 Å². The van der Waals surface area contributed by atoms with Crippen molar-refractivity contribution in [2.75, 3.05) is 12.8 Å². The summed E-state index contributed by atoms with van der Waals surface area (Å²) in [6.07, 6.45) is 1.66. The van der Waals surface area contributed by atoms with Crippen molar-refractivity contribution in [2.24, 2.45) is 0 Å². The fourth-order valence-electron chi connectivity index (χ4n) is 0.436. The molecule has 0 unspecified atom stereocenters. The molecule has 0 spiro atoms. The molecule has 0 aliphatic carbocycles. The van der Waals surface area contributed by atoms with Gasteiger partial charge in [0.15, 0.2) is 0 Å². The third-order valence-corrected chi connectivity index (χ3v) is 2.53. The molecule has 0 saturated carbocycles. The van der Waals surface area contributed by atoms with Gasteiger partial charge in [-0.25, -0.2) is 13.1 Å². The summed E-state index contributed by atoms with van der Waals surface area (Å²) < 4.78 is 23.5. The molecule has 0 aliphatic rings. The van der Waals surface area contributed by atoms with E-state index in [9.17, 15) is 8.42 Å². The number of hydrogen-bond acceptors (Lipinski definition) is 2. The molecule has 64 valence electrons. The average molecular weight is 188 g/mol. The maximum absolute atomic E-state index is 10.6. The zero-order chi connectivity index (χ0) is 7.33. The van der Waals surface area contributed by atoms with E-state index in [4.69, 9.17) is 0 Å². The highest BCUT2D eigenvalue weighted by atomic mass is 35.5.